The Morgan fingerprint density at radius 2 is 2.15 bits per heavy atom. The zero-order valence-corrected chi connectivity index (χ0v) is 12.0. The van der Waals surface area contributed by atoms with Gasteiger partial charge in [-0.1, -0.05) is 11.2 Å². The van der Waals surface area contributed by atoms with E-state index in [-0.39, 0.29) is 12.3 Å². The van der Waals surface area contributed by atoms with Crippen LogP contribution in [-0.2, 0) is 9.53 Å². The number of benzene rings is 1. The summed E-state index contributed by atoms with van der Waals surface area (Å²) in [7, 11) is 1.57. The molecule has 1 rings (SSSR count). The van der Waals surface area contributed by atoms with Gasteiger partial charge in [-0.25, -0.2) is 4.79 Å². The second-order valence-corrected chi connectivity index (χ2v) is 4.06. The summed E-state index contributed by atoms with van der Waals surface area (Å²) in [6.45, 7) is 5.68. The Kier molecular flexibility index (Phi) is 5.62. The molecule has 6 heteroatoms. The van der Waals surface area contributed by atoms with Crippen molar-refractivity contribution < 1.29 is 14.3 Å². The van der Waals surface area contributed by atoms with Crippen LogP contribution in [0.3, 0.4) is 0 Å². The van der Waals surface area contributed by atoms with Crippen molar-refractivity contribution in [1.82, 2.24) is 0 Å². The van der Waals surface area contributed by atoms with E-state index in [4.69, 9.17) is 15.0 Å². The van der Waals surface area contributed by atoms with Crippen molar-refractivity contribution in [2.75, 3.05) is 13.7 Å². The van der Waals surface area contributed by atoms with Crippen molar-refractivity contribution in [2.24, 2.45) is 5.11 Å². The SMILES string of the molecule is CCOC(=O)/C(=C/c1c(C)ccc(OC)c1C)N=[N+]=[N-]. The van der Waals surface area contributed by atoms with Crippen LogP contribution < -0.4 is 4.74 Å². The summed E-state index contributed by atoms with van der Waals surface area (Å²) < 4.78 is 10.1. The molecule has 0 spiro atoms. The fourth-order valence-corrected chi connectivity index (χ4v) is 1.81. The van der Waals surface area contributed by atoms with Crippen LogP contribution in [-0.4, -0.2) is 19.7 Å². The summed E-state index contributed by atoms with van der Waals surface area (Å²) >= 11 is 0. The molecule has 0 unspecified atom stereocenters. The second kappa shape index (κ2) is 7.21. The minimum Gasteiger partial charge on any atom is -0.496 e. The largest absolute Gasteiger partial charge is 0.496 e. The fourth-order valence-electron chi connectivity index (χ4n) is 1.81. The van der Waals surface area contributed by atoms with Gasteiger partial charge in [0.1, 0.15) is 11.4 Å². The third-order valence-electron chi connectivity index (χ3n) is 2.82. The van der Waals surface area contributed by atoms with Gasteiger partial charge in [0.05, 0.1) is 13.7 Å². The topological polar surface area (TPSA) is 84.3 Å². The van der Waals surface area contributed by atoms with Gasteiger partial charge >= 0.3 is 5.97 Å². The first-order valence-electron chi connectivity index (χ1n) is 6.13. The van der Waals surface area contributed by atoms with Gasteiger partial charge < -0.3 is 9.47 Å². The van der Waals surface area contributed by atoms with E-state index >= 15 is 0 Å². The summed E-state index contributed by atoms with van der Waals surface area (Å²) in [4.78, 5) is 14.4. The van der Waals surface area contributed by atoms with E-state index in [1.54, 1.807) is 14.0 Å². The quantitative estimate of drug-likeness (QED) is 0.271. The first-order chi connectivity index (χ1) is 9.54. The summed E-state index contributed by atoms with van der Waals surface area (Å²) in [5.41, 5.74) is 11.1. The van der Waals surface area contributed by atoms with Crippen LogP contribution >= 0.6 is 0 Å². The lowest BCUT2D eigenvalue weighted by molar-refractivity contribution is -0.138. The Hall–Kier alpha value is -2.46. The molecule has 0 aliphatic rings. The van der Waals surface area contributed by atoms with Gasteiger partial charge in [-0.15, -0.1) is 0 Å². The molecule has 0 N–H and O–H groups in total. The molecule has 1 aromatic carbocycles. The van der Waals surface area contributed by atoms with Crippen LogP contribution in [0.2, 0.25) is 0 Å². The molecule has 0 fully saturated rings. The lowest BCUT2D eigenvalue weighted by Gasteiger charge is -2.11. The molecule has 0 amide bonds. The third kappa shape index (κ3) is 3.52. The zero-order chi connectivity index (χ0) is 15.1. The highest BCUT2D eigenvalue weighted by Crippen LogP contribution is 2.26. The van der Waals surface area contributed by atoms with Crippen molar-refractivity contribution in [3.8, 4) is 5.75 Å². The summed E-state index contributed by atoms with van der Waals surface area (Å²) in [5, 5.41) is 3.40. The highest BCUT2D eigenvalue weighted by Gasteiger charge is 2.12. The van der Waals surface area contributed by atoms with E-state index in [0.29, 0.717) is 5.75 Å². The third-order valence-corrected chi connectivity index (χ3v) is 2.82. The minimum absolute atomic E-state index is 0.0752. The number of methoxy groups -OCH3 is 1. The molecule has 1 aromatic rings. The standard InChI is InChI=1S/C14H17N3O3/c1-5-20-14(18)12(16-17-15)8-11-9(2)6-7-13(19-4)10(11)3/h6-8H,5H2,1-4H3/b12-8-. The van der Waals surface area contributed by atoms with E-state index in [1.165, 1.54) is 6.08 Å². The number of hydrogen-bond donors (Lipinski definition) is 0. The summed E-state index contributed by atoms with van der Waals surface area (Å²) in [6, 6.07) is 3.72. The van der Waals surface area contributed by atoms with Crippen LogP contribution in [0, 0.1) is 13.8 Å². The Morgan fingerprint density at radius 1 is 1.45 bits per heavy atom. The van der Waals surface area contributed by atoms with Crippen molar-refractivity contribution in [3.63, 3.8) is 0 Å². The number of nitrogens with zero attached hydrogens (tertiary/aromatic N) is 3. The molecule has 0 aliphatic carbocycles. The number of esters is 1. The highest BCUT2D eigenvalue weighted by molar-refractivity contribution is 5.93. The van der Waals surface area contributed by atoms with Gasteiger partial charge in [0.15, 0.2) is 0 Å². The van der Waals surface area contributed by atoms with Gasteiger partial charge in [-0.2, -0.15) is 0 Å². The molecular formula is C14H17N3O3. The van der Waals surface area contributed by atoms with E-state index < -0.39 is 5.97 Å². The average Bonchev–Trinajstić information content (AvgIpc) is 2.42. The molecule has 0 radical (unpaired) electrons. The van der Waals surface area contributed by atoms with Crippen molar-refractivity contribution in [2.45, 2.75) is 20.8 Å². The van der Waals surface area contributed by atoms with E-state index in [9.17, 15) is 4.79 Å². The molecule has 0 aliphatic heterocycles. The molecule has 106 valence electrons. The normalized spacial score (nSPS) is 10.7. The van der Waals surface area contributed by atoms with E-state index in [1.807, 2.05) is 26.0 Å². The van der Waals surface area contributed by atoms with E-state index in [0.717, 1.165) is 16.7 Å². The van der Waals surface area contributed by atoms with Crippen molar-refractivity contribution in [3.05, 3.63) is 45.0 Å². The molecule has 6 nitrogen and oxygen atoms in total. The minimum atomic E-state index is -0.646. The molecule has 0 bridgehead atoms. The smallest absolute Gasteiger partial charge is 0.340 e. The van der Waals surface area contributed by atoms with Crippen LogP contribution in [0.25, 0.3) is 16.5 Å². The van der Waals surface area contributed by atoms with Crippen molar-refractivity contribution in [1.29, 1.82) is 0 Å². The first-order valence-corrected chi connectivity index (χ1v) is 6.13. The maximum absolute atomic E-state index is 11.7. The Bertz CT molecular complexity index is 588. The number of hydrogen-bond acceptors (Lipinski definition) is 4. The van der Waals surface area contributed by atoms with Crippen molar-refractivity contribution >= 4 is 12.0 Å². The van der Waals surface area contributed by atoms with Gasteiger partial charge in [-0.3, -0.25) is 0 Å². The van der Waals surface area contributed by atoms with Crippen LogP contribution in [0.4, 0.5) is 0 Å². The lowest BCUT2D eigenvalue weighted by atomic mass is 10.0. The van der Waals surface area contributed by atoms with Crippen LogP contribution in [0.5, 0.6) is 5.75 Å². The van der Waals surface area contributed by atoms with Gasteiger partial charge in [-0.05, 0) is 55.1 Å². The predicted molar refractivity (Wildman–Crippen MR) is 76.2 cm³/mol. The molecule has 20 heavy (non-hydrogen) atoms. The van der Waals surface area contributed by atoms with Gasteiger partial charge in [0, 0.05) is 4.91 Å². The van der Waals surface area contributed by atoms with Crippen LogP contribution in [0.15, 0.2) is 22.9 Å². The molecule has 0 saturated carbocycles. The Balaban J connectivity index is 3.37. The number of carbonyl (C=O) groups excluding carboxylic acids is 1. The lowest BCUT2D eigenvalue weighted by Crippen LogP contribution is -2.06. The molecular weight excluding hydrogens is 258 g/mol. The average molecular weight is 275 g/mol. The predicted octanol–water partition coefficient (Wildman–Crippen LogP) is 3.53. The first kappa shape index (κ1) is 15.6. The number of azide groups is 1. The monoisotopic (exact) mass is 275 g/mol. The maximum atomic E-state index is 11.7. The maximum Gasteiger partial charge on any atom is 0.340 e. The summed E-state index contributed by atoms with van der Waals surface area (Å²) in [5.74, 6) is 0.0536. The Morgan fingerprint density at radius 3 is 2.70 bits per heavy atom. The van der Waals surface area contributed by atoms with E-state index in [2.05, 4.69) is 10.0 Å². The summed E-state index contributed by atoms with van der Waals surface area (Å²) in [6.07, 6.45) is 1.52. The van der Waals surface area contributed by atoms with Gasteiger partial charge in [0.2, 0.25) is 0 Å². The molecule has 0 aromatic heterocycles. The second-order valence-electron chi connectivity index (χ2n) is 4.06. The number of carbonyl (C=O) groups is 1. The zero-order valence-electron chi connectivity index (χ0n) is 12.0. The molecule has 0 heterocycles. The number of aryl methyl sites for hydroxylation is 1. The fraction of sp³-hybridized carbons (Fsp3) is 0.357. The van der Waals surface area contributed by atoms with Crippen LogP contribution in [0.1, 0.15) is 23.6 Å². The highest BCUT2D eigenvalue weighted by atomic mass is 16.5. The Labute approximate surface area is 117 Å². The number of ether oxygens (including phenoxy) is 2. The molecule has 0 atom stereocenters. The van der Waals surface area contributed by atoms with Gasteiger partial charge in [0.25, 0.3) is 0 Å². The molecule has 0 saturated heterocycles. The number of rotatable bonds is 5.